The minimum atomic E-state index is -0.0900. The van der Waals surface area contributed by atoms with Crippen LogP contribution in [0.4, 0.5) is 11.6 Å². The van der Waals surface area contributed by atoms with Gasteiger partial charge in [-0.2, -0.15) is 0 Å². The van der Waals surface area contributed by atoms with Gasteiger partial charge in [0.2, 0.25) is 0 Å². The topological polar surface area (TPSA) is 75.0 Å². The molecule has 0 fully saturated rings. The fraction of sp³-hybridized carbons (Fsp3) is 0.0769. The van der Waals surface area contributed by atoms with Crippen LogP contribution in [-0.4, -0.2) is 32.1 Å². The quantitative estimate of drug-likeness (QED) is 0.431. The molecule has 0 bridgehead atoms. The van der Waals surface area contributed by atoms with Crippen LogP contribution in [0, 0.1) is 0 Å². The van der Waals surface area contributed by atoms with E-state index in [1.54, 1.807) is 18.6 Å². The summed E-state index contributed by atoms with van der Waals surface area (Å²) in [4.78, 5) is 20.6. The largest absolute Gasteiger partial charge is 0.392 e. The first kappa shape index (κ1) is 19.8. The molecule has 0 radical (unpaired) electrons. The van der Waals surface area contributed by atoms with Crippen molar-refractivity contribution in [2.45, 2.75) is 6.61 Å². The van der Waals surface area contributed by atoms with E-state index in [0.717, 1.165) is 39.2 Å². The van der Waals surface area contributed by atoms with Crippen LogP contribution in [-0.2, 0) is 6.61 Å². The number of anilines is 2. The van der Waals surface area contributed by atoms with Crippen LogP contribution >= 0.6 is 0 Å². The number of aliphatic hydroxyl groups is 1. The third-order valence-electron chi connectivity index (χ3n) is 5.34. The molecule has 32 heavy (non-hydrogen) atoms. The lowest BCUT2D eigenvalue weighted by Crippen LogP contribution is -2.14. The predicted molar refractivity (Wildman–Crippen MR) is 126 cm³/mol. The molecule has 0 aliphatic carbocycles. The number of pyridine rings is 2. The Bertz CT molecular complexity index is 1370. The standard InChI is InChI=1S/C26H21N5O/c1-31(23-12-5-6-13-28-23)26-24-21(19-8-3-2-4-9-19)10-7-11-22(24)29-25(30-26)20-14-18(17-32)15-27-16-20/h2-16,32H,17H2,1H3. The van der Waals surface area contributed by atoms with Crippen LogP contribution in [0.1, 0.15) is 5.56 Å². The van der Waals surface area contributed by atoms with Crippen molar-refractivity contribution in [3.05, 3.63) is 97.0 Å². The maximum absolute atomic E-state index is 9.54. The van der Waals surface area contributed by atoms with Crippen LogP contribution in [0.3, 0.4) is 0 Å². The normalized spacial score (nSPS) is 10.9. The zero-order valence-electron chi connectivity index (χ0n) is 17.6. The highest BCUT2D eigenvalue weighted by atomic mass is 16.3. The summed E-state index contributed by atoms with van der Waals surface area (Å²) >= 11 is 0. The summed E-state index contributed by atoms with van der Waals surface area (Å²) in [5, 5.41) is 10.5. The van der Waals surface area contributed by atoms with Crippen LogP contribution < -0.4 is 4.90 Å². The predicted octanol–water partition coefficient (Wildman–Crippen LogP) is 5.01. The molecule has 1 N–H and O–H groups in total. The third kappa shape index (κ3) is 3.68. The second kappa shape index (κ2) is 8.53. The first-order valence-corrected chi connectivity index (χ1v) is 10.3. The minimum Gasteiger partial charge on any atom is -0.392 e. The van der Waals surface area contributed by atoms with Gasteiger partial charge in [-0.15, -0.1) is 0 Å². The summed E-state index contributed by atoms with van der Waals surface area (Å²) in [5.41, 5.74) is 4.43. The molecule has 156 valence electrons. The van der Waals surface area contributed by atoms with Gasteiger partial charge in [0, 0.05) is 31.2 Å². The highest BCUT2D eigenvalue weighted by Gasteiger charge is 2.18. The van der Waals surface area contributed by atoms with Gasteiger partial charge in [-0.25, -0.2) is 15.0 Å². The number of hydrogen-bond donors (Lipinski definition) is 1. The van der Waals surface area contributed by atoms with Gasteiger partial charge in [-0.3, -0.25) is 4.98 Å². The van der Waals surface area contributed by atoms with Gasteiger partial charge in [-0.05, 0) is 41.0 Å². The molecule has 0 aliphatic heterocycles. The van der Waals surface area contributed by atoms with Gasteiger partial charge in [0.05, 0.1) is 17.5 Å². The second-order valence-corrected chi connectivity index (χ2v) is 7.42. The zero-order valence-corrected chi connectivity index (χ0v) is 17.6. The molecule has 0 aliphatic rings. The number of aromatic nitrogens is 4. The third-order valence-corrected chi connectivity index (χ3v) is 5.34. The average Bonchev–Trinajstić information content (AvgIpc) is 2.88. The molecule has 0 saturated heterocycles. The van der Waals surface area contributed by atoms with E-state index in [1.165, 1.54) is 0 Å². The SMILES string of the molecule is CN(c1ccccn1)c1nc(-c2cncc(CO)c2)nc2cccc(-c3ccccc3)c12. The molecule has 0 amide bonds. The Balaban J connectivity index is 1.79. The van der Waals surface area contributed by atoms with E-state index in [2.05, 4.69) is 28.2 Å². The number of hydrogen-bond acceptors (Lipinski definition) is 6. The summed E-state index contributed by atoms with van der Waals surface area (Å²) in [6.45, 7) is -0.0900. The summed E-state index contributed by atoms with van der Waals surface area (Å²) < 4.78 is 0. The van der Waals surface area contributed by atoms with Gasteiger partial charge in [0.1, 0.15) is 11.6 Å². The number of fused-ring (bicyclic) bond motifs is 1. The van der Waals surface area contributed by atoms with Crippen molar-refractivity contribution in [1.82, 2.24) is 19.9 Å². The molecule has 0 atom stereocenters. The molecular weight excluding hydrogens is 398 g/mol. The van der Waals surface area contributed by atoms with Gasteiger partial charge >= 0.3 is 0 Å². The molecule has 6 nitrogen and oxygen atoms in total. The summed E-state index contributed by atoms with van der Waals surface area (Å²) in [7, 11) is 1.96. The fourth-order valence-corrected chi connectivity index (χ4v) is 3.75. The van der Waals surface area contributed by atoms with Crippen LogP contribution in [0.15, 0.2) is 91.4 Å². The minimum absolute atomic E-state index is 0.0900. The van der Waals surface area contributed by atoms with Gasteiger partial charge < -0.3 is 10.0 Å². The second-order valence-electron chi connectivity index (χ2n) is 7.42. The van der Waals surface area contributed by atoms with Gasteiger partial charge in [-0.1, -0.05) is 48.5 Å². The lowest BCUT2D eigenvalue weighted by molar-refractivity contribution is 0.281. The highest BCUT2D eigenvalue weighted by Crippen LogP contribution is 2.37. The number of nitrogens with zero attached hydrogens (tertiary/aromatic N) is 5. The molecule has 2 aromatic carbocycles. The number of benzene rings is 2. The molecule has 5 rings (SSSR count). The van der Waals surface area contributed by atoms with Crippen molar-refractivity contribution in [3.8, 4) is 22.5 Å². The molecule has 0 spiro atoms. The maximum atomic E-state index is 9.54. The Hall–Kier alpha value is -4.16. The van der Waals surface area contributed by atoms with Crippen molar-refractivity contribution in [1.29, 1.82) is 0 Å². The maximum Gasteiger partial charge on any atom is 0.163 e. The molecule has 0 unspecified atom stereocenters. The van der Waals surface area contributed by atoms with E-state index in [4.69, 9.17) is 9.97 Å². The molecule has 0 saturated carbocycles. The lowest BCUT2D eigenvalue weighted by Gasteiger charge is -2.21. The summed E-state index contributed by atoms with van der Waals surface area (Å²) in [6, 6.07) is 24.0. The number of aliphatic hydroxyl groups excluding tert-OH is 1. The van der Waals surface area contributed by atoms with Crippen molar-refractivity contribution < 1.29 is 5.11 Å². The Kier molecular flexibility index (Phi) is 5.27. The fourth-order valence-electron chi connectivity index (χ4n) is 3.75. The molecule has 5 aromatic rings. The monoisotopic (exact) mass is 419 g/mol. The Morgan fingerprint density at radius 3 is 2.47 bits per heavy atom. The van der Waals surface area contributed by atoms with Crippen molar-refractivity contribution in [2.75, 3.05) is 11.9 Å². The smallest absolute Gasteiger partial charge is 0.163 e. The Morgan fingerprint density at radius 1 is 0.844 bits per heavy atom. The highest BCUT2D eigenvalue weighted by molar-refractivity contribution is 6.03. The first-order chi connectivity index (χ1) is 15.7. The average molecular weight is 419 g/mol. The molecule has 3 aromatic heterocycles. The molecule has 6 heteroatoms. The van der Waals surface area contributed by atoms with Gasteiger partial charge in [0.15, 0.2) is 5.82 Å². The Labute approximate surface area is 185 Å². The van der Waals surface area contributed by atoms with E-state index >= 15 is 0 Å². The van der Waals surface area contributed by atoms with Crippen molar-refractivity contribution >= 4 is 22.5 Å². The molecule has 3 heterocycles. The summed E-state index contributed by atoms with van der Waals surface area (Å²) in [6.07, 6.45) is 5.12. The van der Waals surface area contributed by atoms with E-state index in [1.807, 2.05) is 66.5 Å². The van der Waals surface area contributed by atoms with Crippen molar-refractivity contribution in [2.24, 2.45) is 0 Å². The van der Waals surface area contributed by atoms with E-state index < -0.39 is 0 Å². The van der Waals surface area contributed by atoms with Crippen LogP contribution in [0.5, 0.6) is 0 Å². The first-order valence-electron chi connectivity index (χ1n) is 10.3. The van der Waals surface area contributed by atoms with Gasteiger partial charge in [0.25, 0.3) is 0 Å². The van der Waals surface area contributed by atoms with Crippen LogP contribution in [0.2, 0.25) is 0 Å². The number of rotatable bonds is 5. The van der Waals surface area contributed by atoms with Crippen LogP contribution in [0.25, 0.3) is 33.4 Å². The van der Waals surface area contributed by atoms with Crippen molar-refractivity contribution in [3.63, 3.8) is 0 Å². The lowest BCUT2D eigenvalue weighted by atomic mass is 10.0. The van der Waals surface area contributed by atoms with E-state index in [-0.39, 0.29) is 6.61 Å². The molecular formula is C26H21N5O. The van der Waals surface area contributed by atoms with E-state index in [9.17, 15) is 5.11 Å². The Morgan fingerprint density at radius 2 is 1.69 bits per heavy atom. The zero-order chi connectivity index (χ0) is 21.9. The summed E-state index contributed by atoms with van der Waals surface area (Å²) in [5.74, 6) is 2.07. The van der Waals surface area contributed by atoms with E-state index in [0.29, 0.717) is 11.4 Å².